The molecule has 8 heteroatoms. The van der Waals surface area contributed by atoms with Crippen molar-refractivity contribution in [2.24, 2.45) is 4.99 Å². The van der Waals surface area contributed by atoms with Crippen LogP contribution in [0.5, 0.6) is 5.75 Å². The van der Waals surface area contributed by atoms with Crippen molar-refractivity contribution >= 4 is 29.4 Å². The van der Waals surface area contributed by atoms with E-state index >= 15 is 0 Å². The summed E-state index contributed by atoms with van der Waals surface area (Å²) >= 11 is 1.23. The first-order chi connectivity index (χ1) is 16.4. The van der Waals surface area contributed by atoms with Crippen LogP contribution in [0.25, 0.3) is 6.08 Å². The van der Waals surface area contributed by atoms with Gasteiger partial charge >= 0.3 is 11.9 Å². The molecule has 3 aromatic rings. The summed E-state index contributed by atoms with van der Waals surface area (Å²) in [6.45, 7) is 6.71. The number of carbonyl (C=O) groups is 2. The molecule has 0 radical (unpaired) electrons. The maximum atomic E-state index is 13.6. The largest absolute Gasteiger partial charge is 0.458 e. The molecule has 0 aliphatic carbocycles. The second kappa shape index (κ2) is 9.84. The fourth-order valence-corrected chi connectivity index (χ4v) is 4.78. The highest BCUT2D eigenvalue weighted by Gasteiger charge is 2.33. The van der Waals surface area contributed by atoms with Crippen molar-refractivity contribution in [3.8, 4) is 5.75 Å². The van der Waals surface area contributed by atoms with Gasteiger partial charge in [0, 0.05) is 6.92 Å². The smallest absolute Gasteiger partial charge is 0.338 e. The van der Waals surface area contributed by atoms with E-state index in [1.807, 2.05) is 36.4 Å². The van der Waals surface area contributed by atoms with Gasteiger partial charge < -0.3 is 9.47 Å². The van der Waals surface area contributed by atoms with E-state index in [1.54, 1.807) is 31.2 Å². The van der Waals surface area contributed by atoms with Crippen molar-refractivity contribution in [2.45, 2.75) is 19.9 Å². The molecule has 0 amide bonds. The molecule has 0 saturated heterocycles. The molecule has 1 aromatic heterocycles. The first-order valence-electron chi connectivity index (χ1n) is 10.5. The molecule has 34 heavy (non-hydrogen) atoms. The van der Waals surface area contributed by atoms with Crippen LogP contribution in [0.1, 0.15) is 31.0 Å². The number of benzene rings is 2. The fraction of sp³-hybridized carbons (Fsp3) is 0.154. The zero-order valence-corrected chi connectivity index (χ0v) is 19.5. The van der Waals surface area contributed by atoms with Crippen LogP contribution in [-0.2, 0) is 14.3 Å². The van der Waals surface area contributed by atoms with E-state index in [2.05, 4.69) is 11.6 Å². The summed E-state index contributed by atoms with van der Waals surface area (Å²) < 4.78 is 12.4. The second-order valence-corrected chi connectivity index (χ2v) is 8.55. The van der Waals surface area contributed by atoms with Crippen molar-refractivity contribution in [1.29, 1.82) is 0 Å². The van der Waals surface area contributed by atoms with E-state index in [0.29, 0.717) is 31.9 Å². The van der Waals surface area contributed by atoms with Gasteiger partial charge in [-0.15, -0.1) is 0 Å². The van der Waals surface area contributed by atoms with Crippen molar-refractivity contribution in [3.05, 3.63) is 109 Å². The Morgan fingerprint density at radius 3 is 2.65 bits per heavy atom. The first-order valence-corrected chi connectivity index (χ1v) is 11.3. The quantitative estimate of drug-likeness (QED) is 0.312. The summed E-state index contributed by atoms with van der Waals surface area (Å²) in [6.07, 6.45) is 3.21. The average Bonchev–Trinajstić information content (AvgIpc) is 3.11. The standard InChI is InChI=1S/C26H22N2O5S/c1-4-13-32-25(31)22-16(2)27-26-28(23(22)19-10-6-5-7-11-19)24(30)21(34-26)15-18-9-8-12-20(14-18)33-17(3)29/h4-12,14-15,23H,1,13H2,2-3H3/b21-15+/t23-/m1/s1. The molecule has 2 aromatic carbocycles. The zero-order valence-electron chi connectivity index (χ0n) is 18.7. The van der Waals surface area contributed by atoms with Gasteiger partial charge in [0.2, 0.25) is 0 Å². The highest BCUT2D eigenvalue weighted by atomic mass is 32.1. The Morgan fingerprint density at radius 2 is 1.94 bits per heavy atom. The van der Waals surface area contributed by atoms with Crippen LogP contribution in [-0.4, -0.2) is 23.1 Å². The minimum Gasteiger partial charge on any atom is -0.458 e. The summed E-state index contributed by atoms with van der Waals surface area (Å²) in [7, 11) is 0. The number of aromatic nitrogens is 1. The second-order valence-electron chi connectivity index (χ2n) is 7.55. The lowest BCUT2D eigenvalue weighted by atomic mass is 9.96. The first kappa shape index (κ1) is 23.1. The summed E-state index contributed by atoms with van der Waals surface area (Å²) in [5.41, 5.74) is 1.99. The average molecular weight is 475 g/mol. The van der Waals surface area contributed by atoms with Gasteiger partial charge in [-0.05, 0) is 36.3 Å². The monoisotopic (exact) mass is 474 g/mol. The molecule has 2 heterocycles. The number of rotatable bonds is 6. The summed E-state index contributed by atoms with van der Waals surface area (Å²) in [4.78, 5) is 42.8. The number of allylic oxidation sites excluding steroid dienone is 1. The minimum absolute atomic E-state index is 0.0558. The zero-order chi connectivity index (χ0) is 24.2. The molecule has 0 fully saturated rings. The third kappa shape index (κ3) is 4.67. The number of esters is 2. The van der Waals surface area contributed by atoms with Crippen molar-refractivity contribution < 1.29 is 19.1 Å². The lowest BCUT2D eigenvalue weighted by Crippen LogP contribution is -2.39. The van der Waals surface area contributed by atoms with Gasteiger partial charge in [-0.25, -0.2) is 9.79 Å². The van der Waals surface area contributed by atoms with Crippen molar-refractivity contribution in [3.63, 3.8) is 0 Å². The van der Waals surface area contributed by atoms with Gasteiger partial charge in [-0.1, -0.05) is 66.5 Å². The van der Waals surface area contributed by atoms with Gasteiger partial charge in [-0.2, -0.15) is 0 Å². The molecule has 0 N–H and O–H groups in total. The predicted octanol–water partition coefficient (Wildman–Crippen LogP) is 2.89. The van der Waals surface area contributed by atoms with Gasteiger partial charge in [0.05, 0.1) is 21.8 Å². The van der Waals surface area contributed by atoms with Crippen LogP contribution in [0.2, 0.25) is 0 Å². The predicted molar refractivity (Wildman–Crippen MR) is 129 cm³/mol. The van der Waals surface area contributed by atoms with E-state index in [1.165, 1.54) is 28.9 Å². The maximum absolute atomic E-state index is 13.6. The number of nitrogens with zero attached hydrogens (tertiary/aromatic N) is 2. The number of hydrogen-bond donors (Lipinski definition) is 0. The van der Waals surface area contributed by atoms with E-state index in [0.717, 1.165) is 5.56 Å². The Balaban J connectivity index is 1.88. The number of ether oxygens (including phenoxy) is 2. The number of fused-ring (bicyclic) bond motifs is 1. The number of hydrogen-bond acceptors (Lipinski definition) is 7. The van der Waals surface area contributed by atoms with Gasteiger partial charge in [-0.3, -0.25) is 14.2 Å². The molecule has 0 unspecified atom stereocenters. The Hall–Kier alpha value is -4.04. The van der Waals surface area contributed by atoms with Crippen LogP contribution in [0.3, 0.4) is 0 Å². The number of carbonyl (C=O) groups excluding carboxylic acids is 2. The summed E-state index contributed by atoms with van der Waals surface area (Å²) in [5, 5.41) is 0. The molecular formula is C26H22N2O5S. The highest BCUT2D eigenvalue weighted by Crippen LogP contribution is 2.30. The molecule has 4 rings (SSSR count). The van der Waals surface area contributed by atoms with E-state index in [9.17, 15) is 14.4 Å². The van der Waals surface area contributed by atoms with Gasteiger partial charge in [0.25, 0.3) is 5.56 Å². The third-order valence-corrected chi connectivity index (χ3v) is 6.09. The molecule has 1 atom stereocenters. The minimum atomic E-state index is -0.677. The van der Waals surface area contributed by atoms with Gasteiger partial charge in [0.1, 0.15) is 12.4 Å². The van der Waals surface area contributed by atoms with E-state index < -0.39 is 18.0 Å². The molecular weight excluding hydrogens is 452 g/mol. The topological polar surface area (TPSA) is 87.0 Å². The Morgan fingerprint density at radius 1 is 1.18 bits per heavy atom. The molecule has 1 aliphatic heterocycles. The van der Waals surface area contributed by atoms with Crippen LogP contribution in [0.4, 0.5) is 0 Å². The van der Waals surface area contributed by atoms with E-state index in [4.69, 9.17) is 9.47 Å². The molecule has 0 bridgehead atoms. The van der Waals surface area contributed by atoms with Crippen molar-refractivity contribution in [2.75, 3.05) is 6.61 Å². The highest BCUT2D eigenvalue weighted by molar-refractivity contribution is 7.07. The SMILES string of the molecule is C=CCOC(=O)C1=C(C)N=c2s/c(=C/c3cccc(OC(C)=O)c3)c(=O)n2[C@@H]1c1ccccc1. The summed E-state index contributed by atoms with van der Waals surface area (Å²) in [6, 6.07) is 15.5. The van der Waals surface area contributed by atoms with Crippen molar-refractivity contribution in [1.82, 2.24) is 4.57 Å². The molecule has 172 valence electrons. The van der Waals surface area contributed by atoms with Gasteiger partial charge in [0.15, 0.2) is 4.80 Å². The number of thiazole rings is 1. The Bertz CT molecular complexity index is 1480. The maximum Gasteiger partial charge on any atom is 0.338 e. The lowest BCUT2D eigenvalue weighted by molar-refractivity contribution is -0.138. The molecule has 7 nitrogen and oxygen atoms in total. The lowest BCUT2D eigenvalue weighted by Gasteiger charge is -2.24. The molecule has 0 spiro atoms. The summed E-state index contributed by atoms with van der Waals surface area (Å²) in [5.74, 6) is -0.580. The van der Waals surface area contributed by atoms with Crippen LogP contribution in [0, 0.1) is 0 Å². The normalized spacial score (nSPS) is 15.4. The van der Waals surface area contributed by atoms with E-state index in [-0.39, 0.29) is 12.2 Å². The third-order valence-electron chi connectivity index (χ3n) is 5.11. The van der Waals surface area contributed by atoms with Crippen LogP contribution in [0.15, 0.2) is 88.3 Å². The molecule has 0 saturated carbocycles. The Labute approximate surface area is 199 Å². The van der Waals surface area contributed by atoms with Crippen LogP contribution < -0.4 is 19.6 Å². The fourth-order valence-electron chi connectivity index (χ4n) is 3.73. The Kier molecular flexibility index (Phi) is 6.70. The molecule has 1 aliphatic rings. The van der Waals surface area contributed by atoms with Crippen LogP contribution >= 0.6 is 11.3 Å².